The van der Waals surface area contributed by atoms with Crippen molar-refractivity contribution >= 4 is 6.09 Å². The van der Waals surface area contributed by atoms with E-state index in [-0.39, 0.29) is 6.61 Å². The van der Waals surface area contributed by atoms with E-state index in [2.05, 4.69) is 17.6 Å². The molecule has 0 radical (unpaired) electrons. The molecule has 0 aromatic heterocycles. The molecule has 0 heterocycles. The van der Waals surface area contributed by atoms with Gasteiger partial charge in [0, 0.05) is 13.1 Å². The van der Waals surface area contributed by atoms with Crippen LogP contribution in [0.15, 0.2) is 0 Å². The molecule has 0 fully saturated rings. The Kier molecular flexibility index (Phi) is 13.5. The van der Waals surface area contributed by atoms with Crippen LogP contribution in [0.5, 0.6) is 0 Å². The van der Waals surface area contributed by atoms with Gasteiger partial charge in [-0.2, -0.15) is 0 Å². The van der Waals surface area contributed by atoms with Crippen molar-refractivity contribution in [1.29, 1.82) is 0 Å². The van der Waals surface area contributed by atoms with Crippen molar-refractivity contribution in [2.75, 3.05) is 52.7 Å². The lowest BCUT2D eigenvalue weighted by Gasteiger charge is -2.07. The number of alkyl carbamates (subject to hydrolysis) is 1. The fraction of sp³-hybridized carbons (Fsp3) is 0.917. The molecule has 0 saturated heterocycles. The molecule has 6 nitrogen and oxygen atoms in total. The molecule has 0 aliphatic rings. The van der Waals surface area contributed by atoms with Gasteiger partial charge < -0.3 is 24.8 Å². The van der Waals surface area contributed by atoms with Gasteiger partial charge in [-0.25, -0.2) is 4.79 Å². The molecule has 0 aromatic carbocycles. The van der Waals surface area contributed by atoms with Gasteiger partial charge in [0.25, 0.3) is 0 Å². The molecule has 0 rings (SSSR count). The highest BCUT2D eigenvalue weighted by Crippen LogP contribution is 1.82. The average Bonchev–Trinajstić information content (AvgIpc) is 2.36. The number of hydrogen-bond acceptors (Lipinski definition) is 5. The van der Waals surface area contributed by atoms with Gasteiger partial charge >= 0.3 is 6.09 Å². The van der Waals surface area contributed by atoms with E-state index in [1.807, 2.05) is 6.92 Å². The summed E-state index contributed by atoms with van der Waals surface area (Å²) in [5, 5.41) is 5.77. The van der Waals surface area contributed by atoms with Gasteiger partial charge in [-0.05, 0) is 19.9 Å². The summed E-state index contributed by atoms with van der Waals surface area (Å²) in [7, 11) is 0. The Balaban J connectivity index is 3.01. The first-order valence-electron chi connectivity index (χ1n) is 6.58. The topological polar surface area (TPSA) is 68.8 Å². The maximum atomic E-state index is 10.9. The summed E-state index contributed by atoms with van der Waals surface area (Å²) in [5.74, 6) is 0. The van der Waals surface area contributed by atoms with Gasteiger partial charge in [-0.1, -0.05) is 6.92 Å². The van der Waals surface area contributed by atoms with E-state index in [1.165, 1.54) is 0 Å². The molecule has 0 unspecified atom stereocenters. The van der Waals surface area contributed by atoms with Crippen LogP contribution in [0, 0.1) is 0 Å². The van der Waals surface area contributed by atoms with E-state index in [0.29, 0.717) is 33.0 Å². The molecule has 0 aromatic rings. The Hall–Kier alpha value is -0.850. The maximum absolute atomic E-state index is 10.9. The second kappa shape index (κ2) is 14.2. The van der Waals surface area contributed by atoms with Gasteiger partial charge in [0.15, 0.2) is 0 Å². The van der Waals surface area contributed by atoms with Crippen molar-refractivity contribution in [1.82, 2.24) is 10.6 Å². The third-order valence-electron chi connectivity index (χ3n) is 2.00. The SMILES string of the molecule is CCCNCCOCCOCCOC(=O)NCC. The van der Waals surface area contributed by atoms with Crippen LogP contribution < -0.4 is 10.6 Å². The van der Waals surface area contributed by atoms with E-state index in [0.717, 1.165) is 19.5 Å². The van der Waals surface area contributed by atoms with E-state index < -0.39 is 6.09 Å². The zero-order valence-corrected chi connectivity index (χ0v) is 11.5. The normalized spacial score (nSPS) is 10.3. The minimum Gasteiger partial charge on any atom is -0.447 e. The number of rotatable bonds is 12. The first-order chi connectivity index (χ1) is 8.81. The lowest BCUT2D eigenvalue weighted by molar-refractivity contribution is 0.0290. The van der Waals surface area contributed by atoms with Gasteiger partial charge in [-0.15, -0.1) is 0 Å². The lowest BCUT2D eigenvalue weighted by atomic mass is 10.5. The quantitative estimate of drug-likeness (QED) is 0.508. The van der Waals surface area contributed by atoms with Crippen LogP contribution in [-0.4, -0.2) is 58.8 Å². The van der Waals surface area contributed by atoms with Gasteiger partial charge in [0.05, 0.1) is 26.4 Å². The van der Waals surface area contributed by atoms with Crippen molar-refractivity contribution in [3.8, 4) is 0 Å². The summed E-state index contributed by atoms with van der Waals surface area (Å²) in [6.45, 7) is 8.87. The predicted octanol–water partition coefficient (Wildman–Crippen LogP) is 0.765. The molecule has 1 amide bonds. The van der Waals surface area contributed by atoms with Crippen LogP contribution in [0.4, 0.5) is 4.79 Å². The van der Waals surface area contributed by atoms with Crippen molar-refractivity contribution in [3.63, 3.8) is 0 Å². The second-order valence-electron chi connectivity index (χ2n) is 3.64. The van der Waals surface area contributed by atoms with Gasteiger partial charge in [-0.3, -0.25) is 0 Å². The molecular formula is C12H26N2O4. The van der Waals surface area contributed by atoms with Gasteiger partial charge in [0.2, 0.25) is 0 Å². The number of ether oxygens (including phenoxy) is 3. The molecule has 0 aliphatic heterocycles. The molecular weight excluding hydrogens is 236 g/mol. The van der Waals surface area contributed by atoms with Crippen LogP contribution in [0.2, 0.25) is 0 Å². The third-order valence-corrected chi connectivity index (χ3v) is 2.00. The average molecular weight is 262 g/mol. The Morgan fingerprint density at radius 1 is 0.944 bits per heavy atom. The van der Waals surface area contributed by atoms with Crippen LogP contribution in [-0.2, 0) is 14.2 Å². The molecule has 0 atom stereocenters. The molecule has 0 bridgehead atoms. The fourth-order valence-corrected chi connectivity index (χ4v) is 1.16. The highest BCUT2D eigenvalue weighted by Gasteiger charge is 1.98. The number of carbonyl (C=O) groups excluding carboxylic acids is 1. The summed E-state index contributed by atoms with van der Waals surface area (Å²) in [4.78, 5) is 10.9. The summed E-state index contributed by atoms with van der Waals surface area (Å²) in [5.41, 5.74) is 0. The number of hydrogen-bond donors (Lipinski definition) is 2. The molecule has 18 heavy (non-hydrogen) atoms. The standard InChI is InChI=1S/C12H26N2O4/c1-3-5-13-6-7-16-8-9-17-10-11-18-12(15)14-4-2/h13H,3-11H2,1-2H3,(H,14,15). The zero-order valence-electron chi connectivity index (χ0n) is 11.5. The van der Waals surface area contributed by atoms with E-state index in [4.69, 9.17) is 14.2 Å². The molecule has 108 valence electrons. The summed E-state index contributed by atoms with van der Waals surface area (Å²) < 4.78 is 15.4. The van der Waals surface area contributed by atoms with E-state index in [1.54, 1.807) is 0 Å². The number of nitrogens with one attached hydrogen (secondary N) is 2. The van der Waals surface area contributed by atoms with Crippen LogP contribution in [0.1, 0.15) is 20.3 Å². The molecule has 2 N–H and O–H groups in total. The smallest absolute Gasteiger partial charge is 0.407 e. The first kappa shape index (κ1) is 17.2. The number of amides is 1. The maximum Gasteiger partial charge on any atom is 0.407 e. The van der Waals surface area contributed by atoms with Gasteiger partial charge in [0.1, 0.15) is 6.61 Å². The lowest BCUT2D eigenvalue weighted by Crippen LogP contribution is -2.25. The third kappa shape index (κ3) is 13.2. The van der Waals surface area contributed by atoms with E-state index in [9.17, 15) is 4.79 Å². The van der Waals surface area contributed by atoms with Crippen molar-refractivity contribution < 1.29 is 19.0 Å². The minimum absolute atomic E-state index is 0.268. The Morgan fingerprint density at radius 3 is 2.28 bits per heavy atom. The Morgan fingerprint density at radius 2 is 1.61 bits per heavy atom. The number of carbonyl (C=O) groups is 1. The second-order valence-corrected chi connectivity index (χ2v) is 3.64. The molecule has 0 spiro atoms. The summed E-state index contributed by atoms with van der Waals surface area (Å²) >= 11 is 0. The Bertz CT molecular complexity index is 191. The van der Waals surface area contributed by atoms with Crippen molar-refractivity contribution in [3.05, 3.63) is 0 Å². The fourth-order valence-electron chi connectivity index (χ4n) is 1.16. The summed E-state index contributed by atoms with van der Waals surface area (Å²) in [6, 6.07) is 0. The molecule has 0 saturated carbocycles. The minimum atomic E-state index is -0.403. The molecule has 6 heteroatoms. The van der Waals surface area contributed by atoms with Crippen LogP contribution >= 0.6 is 0 Å². The van der Waals surface area contributed by atoms with Crippen LogP contribution in [0.25, 0.3) is 0 Å². The van der Waals surface area contributed by atoms with Crippen molar-refractivity contribution in [2.24, 2.45) is 0 Å². The Labute approximate surface area is 109 Å². The van der Waals surface area contributed by atoms with E-state index >= 15 is 0 Å². The zero-order chi connectivity index (χ0) is 13.5. The van der Waals surface area contributed by atoms with Crippen LogP contribution in [0.3, 0.4) is 0 Å². The monoisotopic (exact) mass is 262 g/mol. The highest BCUT2D eigenvalue weighted by molar-refractivity contribution is 5.66. The highest BCUT2D eigenvalue weighted by atomic mass is 16.6. The first-order valence-corrected chi connectivity index (χ1v) is 6.58. The predicted molar refractivity (Wildman–Crippen MR) is 69.8 cm³/mol. The largest absolute Gasteiger partial charge is 0.447 e. The molecule has 0 aliphatic carbocycles. The summed E-state index contributed by atoms with van der Waals surface area (Å²) in [6.07, 6.45) is 0.730. The van der Waals surface area contributed by atoms with Crippen molar-refractivity contribution in [2.45, 2.75) is 20.3 Å².